The number of rotatable bonds is 8. The second-order valence-corrected chi connectivity index (χ2v) is 4.61. The second kappa shape index (κ2) is 7.75. The van der Waals surface area contributed by atoms with Crippen LogP contribution in [0, 0.1) is 5.92 Å². The van der Waals surface area contributed by atoms with Crippen LogP contribution in [0.5, 0.6) is 11.5 Å². The lowest BCUT2D eigenvalue weighted by Gasteiger charge is -2.14. The minimum atomic E-state index is 0.547. The van der Waals surface area contributed by atoms with Gasteiger partial charge in [0.05, 0.1) is 18.8 Å². The highest BCUT2D eigenvalue weighted by molar-refractivity contribution is 5.81. The topological polar surface area (TPSA) is 35.5 Å². The van der Waals surface area contributed by atoms with Gasteiger partial charge >= 0.3 is 0 Å². The van der Waals surface area contributed by atoms with Gasteiger partial charge in [-0.3, -0.25) is 4.79 Å². The first-order valence-electron chi connectivity index (χ1n) is 6.52. The molecule has 0 amide bonds. The maximum Gasteiger partial charge on any atom is 0.171 e. The lowest BCUT2D eigenvalue weighted by Crippen LogP contribution is -2.04. The molecule has 0 aliphatic heterocycles. The highest BCUT2D eigenvalue weighted by atomic mass is 16.5. The molecule has 0 heterocycles. The summed E-state index contributed by atoms with van der Waals surface area (Å²) in [4.78, 5) is 11.0. The Bertz CT molecular complexity index is 372. The molecule has 18 heavy (non-hydrogen) atoms. The van der Waals surface area contributed by atoms with Crippen molar-refractivity contribution < 1.29 is 14.3 Å². The van der Waals surface area contributed by atoms with Gasteiger partial charge < -0.3 is 9.47 Å². The largest absolute Gasteiger partial charge is 0.490 e. The third-order valence-electron chi connectivity index (χ3n) is 2.61. The lowest BCUT2D eigenvalue weighted by atomic mass is 10.1. The third kappa shape index (κ3) is 4.40. The number of benzene rings is 1. The average Bonchev–Trinajstić information content (AvgIpc) is 2.35. The van der Waals surface area contributed by atoms with Crippen LogP contribution in [-0.4, -0.2) is 19.5 Å². The van der Waals surface area contributed by atoms with E-state index in [1.165, 1.54) is 0 Å². The summed E-state index contributed by atoms with van der Waals surface area (Å²) in [6, 6.07) is 5.37. The Balaban J connectivity index is 2.68. The summed E-state index contributed by atoms with van der Waals surface area (Å²) >= 11 is 0. The highest BCUT2D eigenvalue weighted by Gasteiger charge is 2.10. The van der Waals surface area contributed by atoms with Crippen LogP contribution >= 0.6 is 0 Å². The first kappa shape index (κ1) is 14.6. The maximum absolute atomic E-state index is 11.0. The molecule has 0 radical (unpaired) electrons. The molecule has 100 valence electrons. The van der Waals surface area contributed by atoms with Crippen molar-refractivity contribution >= 4 is 6.29 Å². The molecule has 3 heteroatoms. The summed E-state index contributed by atoms with van der Waals surface area (Å²) in [5.41, 5.74) is 0.547. The molecule has 0 fully saturated rings. The van der Waals surface area contributed by atoms with Crippen molar-refractivity contribution in [3.05, 3.63) is 23.8 Å². The Morgan fingerprint density at radius 3 is 2.67 bits per heavy atom. The van der Waals surface area contributed by atoms with Crippen molar-refractivity contribution in [3.8, 4) is 11.5 Å². The predicted octanol–water partition coefficient (Wildman–Crippen LogP) is 3.71. The summed E-state index contributed by atoms with van der Waals surface area (Å²) in [6.07, 6.45) is 2.91. The fraction of sp³-hybridized carbons (Fsp3) is 0.533. The van der Waals surface area contributed by atoms with E-state index in [9.17, 15) is 4.79 Å². The van der Waals surface area contributed by atoms with Crippen LogP contribution in [0.25, 0.3) is 0 Å². The lowest BCUT2D eigenvalue weighted by molar-refractivity contribution is 0.111. The van der Waals surface area contributed by atoms with Gasteiger partial charge in [-0.05, 0) is 37.8 Å². The zero-order chi connectivity index (χ0) is 13.4. The van der Waals surface area contributed by atoms with Crippen LogP contribution in [0.2, 0.25) is 0 Å². The van der Waals surface area contributed by atoms with Gasteiger partial charge in [0.25, 0.3) is 0 Å². The number of carbonyl (C=O) groups is 1. The minimum absolute atomic E-state index is 0.547. The fourth-order valence-corrected chi connectivity index (χ4v) is 1.72. The minimum Gasteiger partial charge on any atom is -0.490 e. The van der Waals surface area contributed by atoms with Gasteiger partial charge in [0.1, 0.15) is 0 Å². The van der Waals surface area contributed by atoms with Gasteiger partial charge in [-0.15, -0.1) is 0 Å². The van der Waals surface area contributed by atoms with Crippen molar-refractivity contribution in [2.75, 3.05) is 13.2 Å². The molecule has 0 aliphatic carbocycles. The molecule has 0 N–H and O–H groups in total. The molecule has 3 nitrogen and oxygen atoms in total. The van der Waals surface area contributed by atoms with Gasteiger partial charge in [0, 0.05) is 0 Å². The normalized spacial score (nSPS) is 10.4. The molecule has 0 saturated carbocycles. The van der Waals surface area contributed by atoms with E-state index < -0.39 is 0 Å². The van der Waals surface area contributed by atoms with Gasteiger partial charge in [-0.2, -0.15) is 0 Å². The Morgan fingerprint density at radius 2 is 2.06 bits per heavy atom. The van der Waals surface area contributed by atoms with Crippen molar-refractivity contribution in [1.29, 1.82) is 0 Å². The summed E-state index contributed by atoms with van der Waals surface area (Å²) in [5.74, 6) is 1.88. The van der Waals surface area contributed by atoms with Crippen LogP contribution in [-0.2, 0) is 0 Å². The maximum atomic E-state index is 11.0. The number of para-hydroxylation sites is 1. The third-order valence-corrected chi connectivity index (χ3v) is 2.61. The Hall–Kier alpha value is -1.51. The van der Waals surface area contributed by atoms with E-state index in [0.29, 0.717) is 36.2 Å². The van der Waals surface area contributed by atoms with E-state index in [2.05, 4.69) is 13.8 Å². The molecule has 0 spiro atoms. The van der Waals surface area contributed by atoms with Crippen molar-refractivity contribution in [1.82, 2.24) is 0 Å². The van der Waals surface area contributed by atoms with E-state index in [4.69, 9.17) is 9.47 Å². The molecule has 1 aromatic rings. The molecular formula is C15H22O3. The van der Waals surface area contributed by atoms with Gasteiger partial charge in [0.2, 0.25) is 0 Å². The number of aldehydes is 1. The van der Waals surface area contributed by atoms with E-state index in [0.717, 1.165) is 19.1 Å². The van der Waals surface area contributed by atoms with Gasteiger partial charge in [-0.1, -0.05) is 19.9 Å². The van der Waals surface area contributed by atoms with Gasteiger partial charge in [0.15, 0.2) is 17.8 Å². The standard InChI is InChI=1S/C15H22O3/c1-4-17-14-9-5-8-13(11-16)15(14)18-10-6-7-12(2)3/h5,8-9,11-12H,4,6-7,10H2,1-3H3. The van der Waals surface area contributed by atoms with E-state index >= 15 is 0 Å². The predicted molar refractivity (Wildman–Crippen MR) is 72.6 cm³/mol. The molecule has 0 aromatic heterocycles. The molecule has 0 bridgehead atoms. The molecular weight excluding hydrogens is 228 g/mol. The molecule has 0 atom stereocenters. The van der Waals surface area contributed by atoms with Crippen molar-refractivity contribution in [2.24, 2.45) is 5.92 Å². The SMILES string of the molecule is CCOc1cccc(C=O)c1OCCCC(C)C. The summed E-state index contributed by atoms with van der Waals surface area (Å²) in [5, 5.41) is 0. The van der Waals surface area contributed by atoms with Crippen molar-refractivity contribution in [2.45, 2.75) is 33.6 Å². The van der Waals surface area contributed by atoms with Crippen LogP contribution < -0.4 is 9.47 Å². The van der Waals surface area contributed by atoms with E-state index in [1.54, 1.807) is 12.1 Å². The summed E-state index contributed by atoms with van der Waals surface area (Å²) < 4.78 is 11.2. The van der Waals surface area contributed by atoms with Crippen LogP contribution in [0.15, 0.2) is 18.2 Å². The average molecular weight is 250 g/mol. The molecule has 0 aliphatic rings. The zero-order valence-corrected chi connectivity index (χ0v) is 11.4. The number of hydrogen-bond acceptors (Lipinski definition) is 3. The fourth-order valence-electron chi connectivity index (χ4n) is 1.72. The Kier molecular flexibility index (Phi) is 6.26. The van der Waals surface area contributed by atoms with E-state index in [-0.39, 0.29) is 0 Å². The highest BCUT2D eigenvalue weighted by Crippen LogP contribution is 2.30. The first-order valence-corrected chi connectivity index (χ1v) is 6.52. The Labute approximate surface area is 109 Å². The molecule has 1 rings (SSSR count). The second-order valence-electron chi connectivity index (χ2n) is 4.61. The zero-order valence-electron chi connectivity index (χ0n) is 11.4. The molecule has 0 unspecified atom stereocenters. The van der Waals surface area contributed by atoms with Gasteiger partial charge in [-0.25, -0.2) is 0 Å². The number of hydrogen-bond donors (Lipinski definition) is 0. The number of carbonyl (C=O) groups excluding carboxylic acids is 1. The summed E-state index contributed by atoms with van der Waals surface area (Å²) in [7, 11) is 0. The monoisotopic (exact) mass is 250 g/mol. The van der Waals surface area contributed by atoms with Crippen LogP contribution in [0.1, 0.15) is 44.0 Å². The smallest absolute Gasteiger partial charge is 0.171 e. The number of ether oxygens (including phenoxy) is 2. The van der Waals surface area contributed by atoms with Crippen LogP contribution in [0.3, 0.4) is 0 Å². The van der Waals surface area contributed by atoms with E-state index in [1.807, 2.05) is 13.0 Å². The quantitative estimate of drug-likeness (QED) is 0.521. The first-order chi connectivity index (χ1) is 8.69. The molecule has 0 saturated heterocycles. The van der Waals surface area contributed by atoms with Crippen LogP contribution in [0.4, 0.5) is 0 Å². The summed E-state index contributed by atoms with van der Waals surface area (Å²) in [6.45, 7) is 7.46. The Morgan fingerprint density at radius 1 is 1.28 bits per heavy atom. The van der Waals surface area contributed by atoms with Crippen molar-refractivity contribution in [3.63, 3.8) is 0 Å². The molecule has 1 aromatic carbocycles.